The van der Waals surface area contributed by atoms with Crippen molar-refractivity contribution in [3.8, 4) is 11.3 Å². The molecule has 2 N–H and O–H groups in total. The Morgan fingerprint density at radius 2 is 1.78 bits per heavy atom. The lowest BCUT2D eigenvalue weighted by molar-refractivity contribution is -0.133. The Bertz CT molecular complexity index is 1760. The predicted molar refractivity (Wildman–Crippen MR) is 141 cm³/mol. The van der Waals surface area contributed by atoms with Gasteiger partial charge in [0.1, 0.15) is 11.5 Å². The maximum atomic E-state index is 13.6. The smallest absolute Gasteiger partial charge is 0.336 e. The van der Waals surface area contributed by atoms with Crippen LogP contribution in [0.25, 0.3) is 17.4 Å². The first kappa shape index (κ1) is 24.5. The number of nitrogens with zero attached hydrogens (tertiary/aromatic N) is 2. The van der Waals surface area contributed by atoms with Crippen LogP contribution in [0.1, 0.15) is 34.6 Å². The molecular weight excluding hydrogens is 512 g/mol. The van der Waals surface area contributed by atoms with E-state index in [2.05, 4.69) is 4.99 Å². The van der Waals surface area contributed by atoms with Crippen LogP contribution in [0, 0.1) is 0 Å². The van der Waals surface area contributed by atoms with Crippen molar-refractivity contribution in [1.29, 1.82) is 0 Å². The van der Waals surface area contributed by atoms with E-state index < -0.39 is 23.5 Å². The minimum Gasteiger partial charge on any atom is -0.478 e. The van der Waals surface area contributed by atoms with E-state index in [1.807, 2.05) is 30.5 Å². The van der Waals surface area contributed by atoms with Crippen LogP contribution in [0.4, 0.5) is 0 Å². The van der Waals surface area contributed by atoms with E-state index in [1.165, 1.54) is 10.6 Å². The molecule has 3 heterocycles. The summed E-state index contributed by atoms with van der Waals surface area (Å²) in [5.41, 5.74) is 1.19. The van der Waals surface area contributed by atoms with E-state index in [1.54, 1.807) is 55.1 Å². The van der Waals surface area contributed by atoms with Crippen LogP contribution in [0.5, 0.6) is 0 Å². The summed E-state index contributed by atoms with van der Waals surface area (Å²) in [6.45, 7) is 1.63. The average molecular weight is 533 g/mol. The van der Waals surface area contributed by atoms with Gasteiger partial charge in [-0.2, -0.15) is 0 Å². The zero-order valence-corrected chi connectivity index (χ0v) is 21.3. The first-order valence-corrected chi connectivity index (χ1v) is 13.1. The number of aromatic carboxylic acids is 1. The summed E-state index contributed by atoms with van der Waals surface area (Å²) in [4.78, 5) is 43.2. The lowest BCUT2D eigenvalue weighted by atomic mass is 9.96. The molecule has 10 heteroatoms. The molecule has 1 aliphatic rings. The van der Waals surface area contributed by atoms with Gasteiger partial charge in [0.25, 0.3) is 5.56 Å². The predicted octanol–water partition coefficient (Wildman–Crippen LogP) is 4.00. The number of carboxylic acid groups (broad SMARTS) is 2. The molecule has 0 spiro atoms. The highest BCUT2D eigenvalue weighted by atomic mass is 32.2. The van der Waals surface area contributed by atoms with Crippen LogP contribution < -0.4 is 14.9 Å². The Kier molecular flexibility index (Phi) is 6.45. The summed E-state index contributed by atoms with van der Waals surface area (Å²) in [5, 5.41) is 19.5. The van der Waals surface area contributed by atoms with Crippen molar-refractivity contribution >= 4 is 41.1 Å². The number of hydrogen-bond acceptors (Lipinski definition) is 7. The van der Waals surface area contributed by atoms with Crippen molar-refractivity contribution in [3.05, 3.63) is 109 Å². The summed E-state index contributed by atoms with van der Waals surface area (Å²) < 4.78 is 7.59. The third kappa shape index (κ3) is 4.45. The average Bonchev–Trinajstić information content (AvgIpc) is 3.47. The summed E-state index contributed by atoms with van der Waals surface area (Å²) in [5.74, 6) is -1.50. The fraction of sp³-hybridized carbons (Fsp3) is 0.111. The quantitative estimate of drug-likeness (QED) is 0.360. The monoisotopic (exact) mass is 532 g/mol. The number of aromatic nitrogens is 1. The molecule has 4 aromatic rings. The van der Waals surface area contributed by atoms with Crippen LogP contribution in [-0.2, 0) is 4.79 Å². The van der Waals surface area contributed by atoms with Gasteiger partial charge in [0.15, 0.2) is 4.80 Å². The van der Waals surface area contributed by atoms with Crippen LogP contribution in [0.2, 0.25) is 0 Å². The van der Waals surface area contributed by atoms with Gasteiger partial charge in [0.05, 0.1) is 27.4 Å². The maximum absolute atomic E-state index is 13.6. The second-order valence-corrected chi connectivity index (χ2v) is 10.1. The maximum Gasteiger partial charge on any atom is 0.336 e. The van der Waals surface area contributed by atoms with Gasteiger partial charge in [-0.15, -0.1) is 11.8 Å². The molecule has 37 heavy (non-hydrogen) atoms. The molecule has 2 aromatic heterocycles. The number of fused-ring (bicyclic) bond motifs is 1. The minimum absolute atomic E-state index is 0.0430. The Labute approximate surface area is 218 Å². The number of allylic oxidation sites excluding steroid dienone is 1. The van der Waals surface area contributed by atoms with Crippen molar-refractivity contribution in [2.45, 2.75) is 17.9 Å². The van der Waals surface area contributed by atoms with Crippen LogP contribution in [-0.4, -0.2) is 33.0 Å². The van der Waals surface area contributed by atoms with Gasteiger partial charge >= 0.3 is 11.9 Å². The van der Waals surface area contributed by atoms with Gasteiger partial charge in [-0.25, -0.2) is 14.6 Å². The molecule has 0 radical (unpaired) electrons. The fourth-order valence-corrected chi connectivity index (χ4v) is 5.72. The first-order valence-electron chi connectivity index (χ1n) is 11.1. The van der Waals surface area contributed by atoms with E-state index in [0.29, 0.717) is 37.7 Å². The van der Waals surface area contributed by atoms with Crippen LogP contribution in [0.15, 0.2) is 91.0 Å². The van der Waals surface area contributed by atoms with Gasteiger partial charge in [-0.3, -0.25) is 9.36 Å². The molecular formula is C27H20N2O6S2. The fourth-order valence-electron chi connectivity index (χ4n) is 4.29. The third-order valence-corrected chi connectivity index (χ3v) is 7.73. The molecule has 0 amide bonds. The standard InChI is InChI=1S/C27H20N2O6S2/c1-14-22(26(33)34)23(15-7-10-17(36-2)11-8-15)29-24(30)21(37-27(29)28-14)13-16-9-12-20(35-16)18-5-3-4-6-19(18)25(31)32/h3-13,23H,1-2H3,(H,31,32)(H,33,34). The molecule has 2 aromatic carbocycles. The molecule has 186 valence electrons. The summed E-state index contributed by atoms with van der Waals surface area (Å²) in [7, 11) is 0. The van der Waals surface area contributed by atoms with Crippen molar-refractivity contribution in [1.82, 2.24) is 4.57 Å². The van der Waals surface area contributed by atoms with E-state index >= 15 is 0 Å². The highest BCUT2D eigenvalue weighted by molar-refractivity contribution is 7.98. The lowest BCUT2D eigenvalue weighted by Gasteiger charge is -2.23. The van der Waals surface area contributed by atoms with Gasteiger partial charge in [0.2, 0.25) is 0 Å². The Hall–Kier alpha value is -4.15. The first-order chi connectivity index (χ1) is 17.8. The number of thiazole rings is 1. The van der Waals surface area contributed by atoms with E-state index in [4.69, 9.17) is 4.42 Å². The molecule has 8 nitrogen and oxygen atoms in total. The zero-order valence-electron chi connectivity index (χ0n) is 19.7. The van der Waals surface area contributed by atoms with Crippen molar-refractivity contribution in [2.75, 3.05) is 6.26 Å². The van der Waals surface area contributed by atoms with E-state index in [9.17, 15) is 24.6 Å². The molecule has 0 saturated heterocycles. The van der Waals surface area contributed by atoms with Crippen molar-refractivity contribution in [2.24, 2.45) is 4.99 Å². The number of thioether (sulfide) groups is 1. The molecule has 0 aliphatic carbocycles. The third-order valence-electron chi connectivity index (χ3n) is 6.01. The van der Waals surface area contributed by atoms with Crippen molar-refractivity contribution < 1.29 is 24.2 Å². The molecule has 1 atom stereocenters. The molecule has 0 fully saturated rings. The Balaban J connectivity index is 1.63. The summed E-state index contributed by atoms with van der Waals surface area (Å²) in [6, 6.07) is 16.4. The number of benzene rings is 2. The summed E-state index contributed by atoms with van der Waals surface area (Å²) in [6.07, 6.45) is 3.51. The number of hydrogen-bond donors (Lipinski definition) is 2. The number of carboxylic acids is 2. The highest BCUT2D eigenvalue weighted by Crippen LogP contribution is 2.31. The zero-order chi connectivity index (χ0) is 26.3. The summed E-state index contributed by atoms with van der Waals surface area (Å²) >= 11 is 2.70. The number of aliphatic carboxylic acids is 1. The SMILES string of the molecule is CSc1ccc(C2C(C(=O)O)=C(C)N=c3sc(=Cc4ccc(-c5ccccc5C(=O)O)o4)c(=O)n32)cc1. The normalized spacial score (nSPS) is 15.4. The topological polar surface area (TPSA) is 122 Å². The van der Waals surface area contributed by atoms with Crippen LogP contribution in [0.3, 0.4) is 0 Å². The highest BCUT2D eigenvalue weighted by Gasteiger charge is 2.32. The largest absolute Gasteiger partial charge is 0.478 e. The molecule has 1 aliphatic heterocycles. The van der Waals surface area contributed by atoms with E-state index in [0.717, 1.165) is 16.2 Å². The number of furan rings is 1. The Morgan fingerprint density at radius 1 is 1.05 bits per heavy atom. The van der Waals surface area contributed by atoms with Gasteiger partial charge in [-0.05, 0) is 49.1 Å². The second-order valence-electron chi connectivity index (χ2n) is 8.21. The van der Waals surface area contributed by atoms with Gasteiger partial charge in [0, 0.05) is 16.5 Å². The second kappa shape index (κ2) is 9.72. The number of carbonyl (C=O) groups is 2. The van der Waals surface area contributed by atoms with Gasteiger partial charge < -0.3 is 14.6 Å². The van der Waals surface area contributed by atoms with E-state index in [-0.39, 0.29) is 11.1 Å². The lowest BCUT2D eigenvalue weighted by Crippen LogP contribution is -2.39. The van der Waals surface area contributed by atoms with Crippen LogP contribution >= 0.6 is 23.1 Å². The van der Waals surface area contributed by atoms with Gasteiger partial charge in [-0.1, -0.05) is 41.7 Å². The molecule has 1 unspecified atom stereocenters. The molecule has 5 rings (SSSR count). The Morgan fingerprint density at radius 3 is 2.46 bits per heavy atom. The number of rotatable bonds is 6. The molecule has 0 saturated carbocycles. The molecule has 0 bridgehead atoms. The minimum atomic E-state index is -1.14. The van der Waals surface area contributed by atoms with Crippen molar-refractivity contribution in [3.63, 3.8) is 0 Å².